The molecule has 0 bridgehead atoms. The summed E-state index contributed by atoms with van der Waals surface area (Å²) in [7, 11) is 1.72. The highest BCUT2D eigenvalue weighted by Gasteiger charge is 2.10. The molecule has 0 radical (unpaired) electrons. The molecular weight excluding hydrogens is 256 g/mol. The first kappa shape index (κ1) is 14.1. The highest BCUT2D eigenvalue weighted by molar-refractivity contribution is 6.22. The number of aryl methyl sites for hydroxylation is 1. The van der Waals surface area contributed by atoms with Crippen LogP contribution in [0.1, 0.15) is 27.6 Å². The monoisotopic (exact) mass is 274 g/mol. The van der Waals surface area contributed by atoms with E-state index in [0.29, 0.717) is 0 Å². The van der Waals surface area contributed by atoms with Crippen LogP contribution in [-0.4, -0.2) is 13.7 Å². The minimum atomic E-state index is -0.0867. The van der Waals surface area contributed by atoms with E-state index in [1.54, 1.807) is 7.11 Å². The molecule has 100 valence electrons. The fourth-order valence-electron chi connectivity index (χ4n) is 2.09. The number of halogens is 1. The lowest BCUT2D eigenvalue weighted by Gasteiger charge is -2.12. The highest BCUT2D eigenvalue weighted by Crippen LogP contribution is 2.29. The Kier molecular flexibility index (Phi) is 5.00. The molecule has 0 N–H and O–H groups in total. The molecule has 0 fully saturated rings. The molecule has 2 rings (SSSR count). The smallest absolute Gasteiger partial charge is 0.0835 e. The van der Waals surface area contributed by atoms with E-state index in [0.717, 1.165) is 24.2 Å². The maximum atomic E-state index is 6.54. The summed E-state index contributed by atoms with van der Waals surface area (Å²) >= 11 is 6.54. The van der Waals surface area contributed by atoms with E-state index in [2.05, 4.69) is 49.4 Å². The van der Waals surface area contributed by atoms with E-state index in [1.165, 1.54) is 11.1 Å². The zero-order valence-corrected chi connectivity index (χ0v) is 12.2. The lowest BCUT2D eigenvalue weighted by atomic mass is 10.0. The van der Waals surface area contributed by atoms with E-state index < -0.39 is 0 Å². The first-order chi connectivity index (χ1) is 9.20. The molecule has 0 saturated carbocycles. The number of methoxy groups -OCH3 is 1. The van der Waals surface area contributed by atoms with Crippen LogP contribution in [0.25, 0.3) is 0 Å². The molecule has 0 saturated heterocycles. The molecule has 0 heterocycles. The summed E-state index contributed by atoms with van der Waals surface area (Å²) in [6.07, 6.45) is 0.939. The van der Waals surface area contributed by atoms with Crippen molar-refractivity contribution in [2.24, 2.45) is 0 Å². The molecule has 2 aromatic carbocycles. The summed E-state index contributed by atoms with van der Waals surface area (Å²) in [5, 5.41) is -0.0867. The van der Waals surface area contributed by atoms with Crippen LogP contribution in [0.4, 0.5) is 0 Å². The van der Waals surface area contributed by atoms with Crippen LogP contribution in [0.2, 0.25) is 0 Å². The van der Waals surface area contributed by atoms with Crippen LogP contribution in [0, 0.1) is 6.92 Å². The van der Waals surface area contributed by atoms with Gasteiger partial charge in [0.05, 0.1) is 12.0 Å². The molecule has 1 unspecified atom stereocenters. The van der Waals surface area contributed by atoms with Crippen molar-refractivity contribution in [1.29, 1.82) is 0 Å². The predicted molar refractivity (Wildman–Crippen MR) is 80.9 cm³/mol. The third kappa shape index (κ3) is 3.82. The summed E-state index contributed by atoms with van der Waals surface area (Å²) in [6, 6.07) is 16.8. The van der Waals surface area contributed by atoms with Crippen LogP contribution in [0.3, 0.4) is 0 Å². The molecular formula is C17H19ClO. The first-order valence-corrected chi connectivity index (χ1v) is 6.93. The van der Waals surface area contributed by atoms with Gasteiger partial charge in [-0.1, -0.05) is 54.1 Å². The molecule has 0 aliphatic rings. The minimum absolute atomic E-state index is 0.0867. The fraction of sp³-hybridized carbons (Fsp3) is 0.294. The number of hydrogen-bond acceptors (Lipinski definition) is 1. The number of ether oxygens (including phenoxy) is 1. The van der Waals surface area contributed by atoms with Crippen molar-refractivity contribution in [3.63, 3.8) is 0 Å². The van der Waals surface area contributed by atoms with Crippen molar-refractivity contribution < 1.29 is 4.74 Å². The fourth-order valence-corrected chi connectivity index (χ4v) is 2.37. The molecule has 0 aliphatic heterocycles. The summed E-state index contributed by atoms with van der Waals surface area (Å²) < 4.78 is 5.08. The average Bonchev–Trinajstić information content (AvgIpc) is 2.45. The Morgan fingerprint density at radius 3 is 2.42 bits per heavy atom. The lowest BCUT2D eigenvalue weighted by Crippen LogP contribution is -1.97. The molecule has 0 aliphatic carbocycles. The Morgan fingerprint density at radius 1 is 1.05 bits per heavy atom. The van der Waals surface area contributed by atoms with Gasteiger partial charge in [-0.2, -0.15) is 0 Å². The van der Waals surface area contributed by atoms with E-state index in [-0.39, 0.29) is 5.38 Å². The molecule has 1 atom stereocenters. The largest absolute Gasteiger partial charge is 0.384 e. The number of benzene rings is 2. The summed E-state index contributed by atoms with van der Waals surface area (Å²) in [4.78, 5) is 0. The van der Waals surface area contributed by atoms with E-state index >= 15 is 0 Å². The van der Waals surface area contributed by atoms with Gasteiger partial charge < -0.3 is 4.74 Å². The van der Waals surface area contributed by atoms with Crippen LogP contribution in [-0.2, 0) is 11.2 Å². The second-order valence-corrected chi connectivity index (χ2v) is 5.20. The first-order valence-electron chi connectivity index (χ1n) is 6.49. The SMILES string of the molecule is COCCc1ccc(C(Cl)c2cccc(C)c2)cc1. The quantitative estimate of drug-likeness (QED) is 0.729. The number of hydrogen-bond donors (Lipinski definition) is 0. The maximum absolute atomic E-state index is 6.54. The zero-order valence-electron chi connectivity index (χ0n) is 11.4. The van der Waals surface area contributed by atoms with E-state index in [1.807, 2.05) is 6.07 Å². The Labute approximate surface area is 120 Å². The van der Waals surface area contributed by atoms with Crippen LogP contribution in [0.5, 0.6) is 0 Å². The molecule has 1 nitrogen and oxygen atoms in total. The van der Waals surface area contributed by atoms with Crippen molar-refractivity contribution in [3.8, 4) is 0 Å². The van der Waals surface area contributed by atoms with Crippen molar-refractivity contribution >= 4 is 11.6 Å². The van der Waals surface area contributed by atoms with Crippen molar-refractivity contribution in [3.05, 3.63) is 70.8 Å². The number of alkyl halides is 1. The summed E-state index contributed by atoms with van der Waals surface area (Å²) in [5.74, 6) is 0. The van der Waals surface area contributed by atoms with Crippen molar-refractivity contribution in [1.82, 2.24) is 0 Å². The standard InChI is InChI=1S/C17H19ClO/c1-13-4-3-5-16(12-13)17(18)15-8-6-14(7-9-15)10-11-19-2/h3-9,12,17H,10-11H2,1-2H3. The van der Waals surface area contributed by atoms with Gasteiger partial charge in [-0.25, -0.2) is 0 Å². The van der Waals surface area contributed by atoms with Gasteiger partial charge >= 0.3 is 0 Å². The van der Waals surface area contributed by atoms with Gasteiger partial charge in [0.15, 0.2) is 0 Å². The highest BCUT2D eigenvalue weighted by atomic mass is 35.5. The Bertz CT molecular complexity index is 519. The van der Waals surface area contributed by atoms with Gasteiger partial charge in [-0.3, -0.25) is 0 Å². The summed E-state index contributed by atoms with van der Waals surface area (Å²) in [5.41, 5.74) is 4.79. The summed E-state index contributed by atoms with van der Waals surface area (Å²) in [6.45, 7) is 2.84. The van der Waals surface area contributed by atoms with Gasteiger partial charge in [0.25, 0.3) is 0 Å². The van der Waals surface area contributed by atoms with Gasteiger partial charge in [0.1, 0.15) is 0 Å². The number of rotatable bonds is 5. The molecule has 19 heavy (non-hydrogen) atoms. The molecule has 2 aromatic rings. The third-order valence-corrected chi connectivity index (χ3v) is 3.71. The van der Waals surface area contributed by atoms with Crippen molar-refractivity contribution in [2.75, 3.05) is 13.7 Å². The van der Waals surface area contributed by atoms with Gasteiger partial charge in [-0.15, -0.1) is 11.6 Å². The van der Waals surface area contributed by atoms with E-state index in [4.69, 9.17) is 16.3 Å². The van der Waals surface area contributed by atoms with Gasteiger partial charge in [-0.05, 0) is 30.0 Å². The predicted octanol–water partition coefficient (Wildman–Crippen LogP) is 4.51. The molecule has 0 aromatic heterocycles. The third-order valence-electron chi connectivity index (χ3n) is 3.20. The minimum Gasteiger partial charge on any atom is -0.384 e. The normalized spacial score (nSPS) is 12.4. The topological polar surface area (TPSA) is 9.23 Å². The van der Waals surface area contributed by atoms with Crippen LogP contribution in [0.15, 0.2) is 48.5 Å². The zero-order chi connectivity index (χ0) is 13.7. The second kappa shape index (κ2) is 6.74. The second-order valence-electron chi connectivity index (χ2n) is 4.76. The average molecular weight is 275 g/mol. The van der Waals surface area contributed by atoms with Gasteiger partial charge in [0, 0.05) is 7.11 Å². The molecule has 0 amide bonds. The molecule has 2 heteroatoms. The van der Waals surface area contributed by atoms with Crippen LogP contribution < -0.4 is 0 Å². The maximum Gasteiger partial charge on any atom is 0.0835 e. The van der Waals surface area contributed by atoms with E-state index in [9.17, 15) is 0 Å². The van der Waals surface area contributed by atoms with Gasteiger partial charge in [0.2, 0.25) is 0 Å². The Hall–Kier alpha value is -1.31. The molecule has 0 spiro atoms. The Balaban J connectivity index is 2.13. The Morgan fingerprint density at radius 2 is 1.79 bits per heavy atom. The van der Waals surface area contributed by atoms with Crippen LogP contribution >= 0.6 is 11.6 Å². The van der Waals surface area contributed by atoms with Crippen molar-refractivity contribution in [2.45, 2.75) is 18.7 Å². The lowest BCUT2D eigenvalue weighted by molar-refractivity contribution is 0.202.